The molecule has 4 heteroatoms. The molecule has 0 atom stereocenters. The molecule has 0 saturated carbocycles. The lowest BCUT2D eigenvalue weighted by Crippen LogP contribution is -2.02. The topological polar surface area (TPSA) is 59.4 Å². The van der Waals surface area contributed by atoms with Gasteiger partial charge in [-0.3, -0.25) is 0 Å². The first-order valence-electron chi connectivity index (χ1n) is 6.47. The summed E-state index contributed by atoms with van der Waals surface area (Å²) in [5.41, 5.74) is 2.34. The van der Waals surface area contributed by atoms with Crippen LogP contribution in [0, 0.1) is 0 Å². The third-order valence-electron chi connectivity index (χ3n) is 3.33. The molecular formula is C17H13NO3. The molecule has 0 radical (unpaired) electrons. The summed E-state index contributed by atoms with van der Waals surface area (Å²) in [6.45, 7) is 0. The summed E-state index contributed by atoms with van der Waals surface area (Å²) in [6, 6.07) is 16.8. The van der Waals surface area contributed by atoms with Gasteiger partial charge in [0.1, 0.15) is 17.0 Å². The van der Waals surface area contributed by atoms with Crippen LogP contribution in [-0.4, -0.2) is 23.2 Å². The molecule has 0 aliphatic heterocycles. The Morgan fingerprint density at radius 2 is 1.86 bits per heavy atom. The predicted octanol–water partition coefficient (Wildman–Crippen LogP) is 3.61. The number of carbonyl (C=O) groups is 1. The van der Waals surface area contributed by atoms with Crippen LogP contribution in [0.25, 0.3) is 22.0 Å². The van der Waals surface area contributed by atoms with Gasteiger partial charge in [0.15, 0.2) is 0 Å². The minimum absolute atomic E-state index is 0.00542. The van der Waals surface area contributed by atoms with E-state index in [9.17, 15) is 9.90 Å². The number of rotatable bonds is 3. The highest BCUT2D eigenvalue weighted by Crippen LogP contribution is 2.32. The van der Waals surface area contributed by atoms with E-state index < -0.39 is 5.97 Å². The molecule has 0 amide bonds. The molecule has 0 aliphatic rings. The van der Waals surface area contributed by atoms with E-state index in [0.29, 0.717) is 11.3 Å². The number of pyridine rings is 1. The summed E-state index contributed by atoms with van der Waals surface area (Å²) < 4.78 is 5.30. The van der Waals surface area contributed by atoms with Crippen LogP contribution in [-0.2, 0) is 0 Å². The number of para-hydroxylation sites is 1. The third-order valence-corrected chi connectivity index (χ3v) is 3.33. The Morgan fingerprint density at radius 1 is 1.10 bits per heavy atom. The number of hydrogen-bond donors (Lipinski definition) is 1. The SMILES string of the molecule is COc1cccc2c(-c3ccccc3)cc(C(=O)O)nc12. The fraction of sp³-hybridized carbons (Fsp3) is 0.0588. The Balaban J connectivity index is 2.39. The second kappa shape index (κ2) is 5.25. The van der Waals surface area contributed by atoms with Crippen molar-refractivity contribution < 1.29 is 14.6 Å². The molecule has 0 aliphatic carbocycles. The number of carboxylic acid groups (broad SMARTS) is 1. The van der Waals surface area contributed by atoms with E-state index in [0.717, 1.165) is 16.5 Å². The highest BCUT2D eigenvalue weighted by atomic mass is 16.5. The molecule has 21 heavy (non-hydrogen) atoms. The first kappa shape index (κ1) is 13.1. The maximum absolute atomic E-state index is 11.3. The molecule has 104 valence electrons. The number of carboxylic acids is 1. The average molecular weight is 279 g/mol. The fourth-order valence-corrected chi connectivity index (χ4v) is 2.35. The minimum atomic E-state index is -1.06. The van der Waals surface area contributed by atoms with E-state index in [-0.39, 0.29) is 5.69 Å². The Labute approximate surface area is 121 Å². The molecule has 2 aromatic carbocycles. The van der Waals surface area contributed by atoms with Crippen LogP contribution < -0.4 is 4.74 Å². The maximum Gasteiger partial charge on any atom is 0.354 e. The van der Waals surface area contributed by atoms with E-state index in [1.165, 1.54) is 0 Å². The van der Waals surface area contributed by atoms with Crippen LogP contribution in [0.15, 0.2) is 54.6 Å². The van der Waals surface area contributed by atoms with E-state index >= 15 is 0 Å². The molecular weight excluding hydrogens is 266 g/mol. The number of nitrogens with zero attached hydrogens (tertiary/aromatic N) is 1. The van der Waals surface area contributed by atoms with E-state index in [1.807, 2.05) is 42.5 Å². The van der Waals surface area contributed by atoms with Crippen LogP contribution in [0.5, 0.6) is 5.75 Å². The quantitative estimate of drug-likeness (QED) is 0.795. The smallest absolute Gasteiger partial charge is 0.354 e. The summed E-state index contributed by atoms with van der Waals surface area (Å²) in [5, 5.41) is 10.1. The number of aromatic carboxylic acids is 1. The Hall–Kier alpha value is -2.88. The van der Waals surface area contributed by atoms with Crippen LogP contribution in [0.1, 0.15) is 10.5 Å². The number of methoxy groups -OCH3 is 1. The first-order chi connectivity index (χ1) is 10.2. The highest BCUT2D eigenvalue weighted by molar-refractivity contribution is 6.01. The lowest BCUT2D eigenvalue weighted by atomic mass is 10.00. The molecule has 1 heterocycles. The van der Waals surface area contributed by atoms with Gasteiger partial charge in [-0.25, -0.2) is 9.78 Å². The standard InChI is InChI=1S/C17H13NO3/c1-21-15-9-5-8-12-13(11-6-3-2-4-7-11)10-14(17(19)20)18-16(12)15/h2-10H,1H3,(H,19,20). The van der Waals surface area contributed by atoms with Crippen LogP contribution >= 0.6 is 0 Å². The number of ether oxygens (including phenoxy) is 1. The van der Waals surface area contributed by atoms with Crippen LogP contribution in [0.3, 0.4) is 0 Å². The van der Waals surface area contributed by atoms with Crippen molar-refractivity contribution in [3.8, 4) is 16.9 Å². The van der Waals surface area contributed by atoms with Gasteiger partial charge in [0, 0.05) is 5.39 Å². The zero-order chi connectivity index (χ0) is 14.8. The van der Waals surface area contributed by atoms with Crippen molar-refractivity contribution in [2.24, 2.45) is 0 Å². The highest BCUT2D eigenvalue weighted by Gasteiger charge is 2.14. The van der Waals surface area contributed by atoms with Gasteiger partial charge in [0.25, 0.3) is 0 Å². The van der Waals surface area contributed by atoms with Gasteiger partial charge in [-0.15, -0.1) is 0 Å². The van der Waals surface area contributed by atoms with Crippen molar-refractivity contribution in [1.82, 2.24) is 4.98 Å². The monoisotopic (exact) mass is 279 g/mol. The Bertz CT molecular complexity index is 813. The number of hydrogen-bond acceptors (Lipinski definition) is 3. The molecule has 0 saturated heterocycles. The molecule has 1 aromatic heterocycles. The molecule has 0 bridgehead atoms. The third kappa shape index (κ3) is 2.31. The molecule has 3 rings (SSSR count). The van der Waals surface area contributed by atoms with Gasteiger partial charge >= 0.3 is 5.97 Å². The van der Waals surface area contributed by atoms with Gasteiger partial charge < -0.3 is 9.84 Å². The number of fused-ring (bicyclic) bond motifs is 1. The van der Waals surface area contributed by atoms with Gasteiger partial charge in [-0.05, 0) is 23.3 Å². The van der Waals surface area contributed by atoms with Crippen molar-refractivity contribution in [3.05, 3.63) is 60.3 Å². The summed E-state index contributed by atoms with van der Waals surface area (Å²) in [4.78, 5) is 15.5. The van der Waals surface area contributed by atoms with E-state index in [2.05, 4.69) is 4.98 Å². The first-order valence-corrected chi connectivity index (χ1v) is 6.47. The van der Waals surface area contributed by atoms with Crippen molar-refractivity contribution in [1.29, 1.82) is 0 Å². The largest absolute Gasteiger partial charge is 0.494 e. The number of benzene rings is 2. The molecule has 1 N–H and O–H groups in total. The minimum Gasteiger partial charge on any atom is -0.494 e. The zero-order valence-electron chi connectivity index (χ0n) is 11.4. The summed E-state index contributed by atoms with van der Waals surface area (Å²) in [6.07, 6.45) is 0. The normalized spacial score (nSPS) is 10.5. The van der Waals surface area contributed by atoms with Gasteiger partial charge in [0.05, 0.1) is 7.11 Å². The molecule has 0 unspecified atom stereocenters. The van der Waals surface area contributed by atoms with Gasteiger partial charge in [-0.2, -0.15) is 0 Å². The number of aromatic nitrogens is 1. The fourth-order valence-electron chi connectivity index (χ4n) is 2.35. The van der Waals surface area contributed by atoms with Crippen LogP contribution in [0.2, 0.25) is 0 Å². The summed E-state index contributed by atoms with van der Waals surface area (Å²) in [7, 11) is 1.55. The van der Waals surface area contributed by atoms with Crippen molar-refractivity contribution in [3.63, 3.8) is 0 Å². The van der Waals surface area contributed by atoms with Gasteiger partial charge in [-0.1, -0.05) is 42.5 Å². The predicted molar refractivity (Wildman–Crippen MR) is 80.7 cm³/mol. The Morgan fingerprint density at radius 3 is 2.52 bits per heavy atom. The average Bonchev–Trinajstić information content (AvgIpc) is 2.53. The van der Waals surface area contributed by atoms with Gasteiger partial charge in [0.2, 0.25) is 0 Å². The molecule has 0 spiro atoms. The second-order valence-corrected chi connectivity index (χ2v) is 4.58. The zero-order valence-corrected chi connectivity index (χ0v) is 11.4. The summed E-state index contributed by atoms with van der Waals surface area (Å²) >= 11 is 0. The maximum atomic E-state index is 11.3. The lowest BCUT2D eigenvalue weighted by molar-refractivity contribution is 0.0691. The van der Waals surface area contributed by atoms with E-state index in [4.69, 9.17) is 4.74 Å². The van der Waals surface area contributed by atoms with E-state index in [1.54, 1.807) is 19.2 Å². The lowest BCUT2D eigenvalue weighted by Gasteiger charge is -2.10. The second-order valence-electron chi connectivity index (χ2n) is 4.58. The van der Waals surface area contributed by atoms with Crippen molar-refractivity contribution in [2.75, 3.05) is 7.11 Å². The summed E-state index contributed by atoms with van der Waals surface area (Å²) in [5.74, 6) is -0.493. The molecule has 4 nitrogen and oxygen atoms in total. The molecule has 3 aromatic rings. The molecule has 0 fully saturated rings. The Kier molecular flexibility index (Phi) is 3.28. The van der Waals surface area contributed by atoms with Crippen molar-refractivity contribution >= 4 is 16.9 Å². The van der Waals surface area contributed by atoms with Crippen molar-refractivity contribution in [2.45, 2.75) is 0 Å². The van der Waals surface area contributed by atoms with Crippen LogP contribution in [0.4, 0.5) is 0 Å².